The van der Waals surface area contributed by atoms with Crippen LogP contribution in [0.1, 0.15) is 90.6 Å². The van der Waals surface area contributed by atoms with E-state index in [4.69, 9.17) is 24.8 Å². The van der Waals surface area contributed by atoms with Crippen LogP contribution in [0.3, 0.4) is 0 Å². The number of nitrogens with zero attached hydrogens (tertiary/aromatic N) is 1. The number of anilines is 1. The van der Waals surface area contributed by atoms with E-state index < -0.39 is 60.1 Å². The maximum Gasteiger partial charge on any atom is 0.363 e. The molecule has 0 saturated heterocycles. The third-order valence-electron chi connectivity index (χ3n) is 8.21. The maximum atomic E-state index is 13.5. The number of carboxylic acid groups (broad SMARTS) is 2. The molecule has 7 N–H and O–H groups in total. The first-order valence-corrected chi connectivity index (χ1v) is 17.3. The zero-order valence-corrected chi connectivity index (χ0v) is 30.2. The highest BCUT2D eigenvalue weighted by atomic mass is 16.7. The van der Waals surface area contributed by atoms with Crippen LogP contribution >= 0.6 is 0 Å². The number of rotatable bonds is 22. The fourth-order valence-electron chi connectivity index (χ4n) is 5.53. The van der Waals surface area contributed by atoms with Crippen molar-refractivity contribution in [1.29, 1.82) is 0 Å². The zero-order valence-electron chi connectivity index (χ0n) is 30.2. The molecule has 0 bridgehead atoms. The summed E-state index contributed by atoms with van der Waals surface area (Å²) in [5, 5.41) is 26.5. The smallest absolute Gasteiger partial charge is 0.363 e. The molecule has 0 aliphatic carbocycles. The normalized spacial score (nSPS) is 12.4. The molecule has 1 aromatic heterocycles. The summed E-state index contributed by atoms with van der Waals surface area (Å²) in [7, 11) is 0. The summed E-state index contributed by atoms with van der Waals surface area (Å²) < 4.78 is 11.3. The predicted octanol–water partition coefficient (Wildman–Crippen LogP) is 3.59. The van der Waals surface area contributed by atoms with E-state index in [1.165, 1.54) is 42.5 Å². The summed E-state index contributed by atoms with van der Waals surface area (Å²) >= 11 is 0. The minimum absolute atomic E-state index is 0.0494. The molecule has 290 valence electrons. The molecule has 54 heavy (non-hydrogen) atoms. The molecule has 3 aromatic rings. The van der Waals surface area contributed by atoms with E-state index in [1.54, 1.807) is 26.0 Å². The monoisotopic (exact) mass is 751 g/mol. The summed E-state index contributed by atoms with van der Waals surface area (Å²) in [4.78, 5) is 92.1. The molecule has 3 atom stereocenters. The van der Waals surface area contributed by atoms with E-state index in [2.05, 4.69) is 16.0 Å². The van der Waals surface area contributed by atoms with Gasteiger partial charge in [-0.2, -0.15) is 5.06 Å². The van der Waals surface area contributed by atoms with Gasteiger partial charge in [0.15, 0.2) is 5.76 Å². The highest BCUT2D eigenvalue weighted by Crippen LogP contribution is 2.29. The lowest BCUT2D eigenvalue weighted by molar-refractivity contribution is -0.171. The van der Waals surface area contributed by atoms with Crippen LogP contribution < -0.4 is 26.4 Å². The second-order valence-corrected chi connectivity index (χ2v) is 12.0. The largest absolute Gasteiger partial charge is 0.493 e. The average Bonchev–Trinajstić information content (AvgIpc) is 3.64. The van der Waals surface area contributed by atoms with Gasteiger partial charge in [-0.15, -0.1) is 0 Å². The van der Waals surface area contributed by atoms with E-state index in [0.29, 0.717) is 30.5 Å². The Kier molecular flexibility index (Phi) is 16.0. The fourth-order valence-corrected chi connectivity index (χ4v) is 5.53. The minimum atomic E-state index is -1.67. The molecule has 3 unspecified atom stereocenters. The Bertz CT molecular complexity index is 1810. The molecule has 0 radical (unpaired) electrons. The molecule has 0 aliphatic heterocycles. The van der Waals surface area contributed by atoms with Gasteiger partial charge in [-0.25, -0.2) is 9.59 Å². The third-order valence-corrected chi connectivity index (χ3v) is 8.21. The molecule has 3 rings (SSSR count). The first-order valence-electron chi connectivity index (χ1n) is 17.3. The number of nitrogens with two attached hydrogens (primary N) is 1. The molecule has 0 saturated carbocycles. The summed E-state index contributed by atoms with van der Waals surface area (Å²) in [6.45, 7) is 5.26. The van der Waals surface area contributed by atoms with Crippen molar-refractivity contribution in [3.63, 3.8) is 0 Å². The van der Waals surface area contributed by atoms with Crippen molar-refractivity contribution < 1.29 is 57.8 Å². The van der Waals surface area contributed by atoms with Gasteiger partial charge in [-0.05, 0) is 62.2 Å². The van der Waals surface area contributed by atoms with Gasteiger partial charge in [0.2, 0.25) is 12.3 Å². The fraction of sp³-hybridized carbons (Fsp3) is 0.378. The van der Waals surface area contributed by atoms with Gasteiger partial charge in [-0.1, -0.05) is 45.2 Å². The van der Waals surface area contributed by atoms with Crippen molar-refractivity contribution in [3.05, 3.63) is 71.5 Å². The van der Waals surface area contributed by atoms with Crippen LogP contribution in [0.5, 0.6) is 5.75 Å². The Hall–Kier alpha value is -6.39. The lowest BCUT2D eigenvalue weighted by Crippen LogP contribution is -2.49. The first kappa shape index (κ1) is 42.0. The number of hydrogen-bond acceptors (Lipinski definition) is 11. The number of nitrogens with one attached hydrogen (secondary N) is 3. The second-order valence-electron chi connectivity index (χ2n) is 12.0. The number of ether oxygens (including phenoxy) is 1. The summed E-state index contributed by atoms with van der Waals surface area (Å²) in [6, 6.07) is 10.7. The van der Waals surface area contributed by atoms with Gasteiger partial charge in [0.25, 0.3) is 11.8 Å². The Morgan fingerprint density at radius 1 is 0.944 bits per heavy atom. The first-order chi connectivity index (χ1) is 25.8. The highest BCUT2D eigenvalue weighted by molar-refractivity contribution is 6.00. The predicted molar refractivity (Wildman–Crippen MR) is 193 cm³/mol. The number of amides is 4. The van der Waals surface area contributed by atoms with E-state index in [0.717, 1.165) is 17.9 Å². The molecule has 17 heteroatoms. The summed E-state index contributed by atoms with van der Waals surface area (Å²) in [5.74, 6) is -6.37. The van der Waals surface area contributed by atoms with Gasteiger partial charge in [0.05, 0.1) is 42.8 Å². The number of unbranched alkanes of at least 4 members (excludes halogenated alkanes) is 2. The van der Waals surface area contributed by atoms with Gasteiger partial charge >= 0.3 is 17.9 Å². The molecule has 2 aromatic carbocycles. The topological polar surface area (TPSA) is 257 Å². The molecule has 0 fully saturated rings. The highest BCUT2D eigenvalue weighted by Gasteiger charge is 2.34. The number of hydrogen-bond donors (Lipinski definition) is 6. The van der Waals surface area contributed by atoms with Crippen molar-refractivity contribution in [3.8, 4) is 17.1 Å². The summed E-state index contributed by atoms with van der Waals surface area (Å²) in [6.07, 6.45) is 2.53. The molecule has 0 spiro atoms. The van der Waals surface area contributed by atoms with Crippen LogP contribution in [0.15, 0.2) is 59.0 Å². The molecular weight excluding hydrogens is 706 g/mol. The van der Waals surface area contributed by atoms with Gasteiger partial charge in [0.1, 0.15) is 17.6 Å². The van der Waals surface area contributed by atoms with Crippen LogP contribution in [0.2, 0.25) is 0 Å². The molecule has 17 nitrogen and oxygen atoms in total. The van der Waals surface area contributed by atoms with Crippen LogP contribution in [-0.2, 0) is 24.0 Å². The van der Waals surface area contributed by atoms with Crippen LogP contribution in [0.25, 0.3) is 11.3 Å². The number of aliphatic carboxylic acids is 2. The number of nitrogen functional groups attached to an aromatic ring is 1. The molecular formula is C37H45N5O12. The lowest BCUT2D eigenvalue weighted by Gasteiger charge is -2.31. The van der Waals surface area contributed by atoms with Crippen LogP contribution in [0, 0.1) is 5.92 Å². The number of carboxylic acids is 2. The molecule has 0 aliphatic rings. The Labute approximate surface area is 311 Å². The lowest BCUT2D eigenvalue weighted by atomic mass is 9.90. The quantitative estimate of drug-likeness (QED) is 0.0282. The third kappa shape index (κ3) is 11.8. The number of carbonyl (C=O) groups excluding carboxylic acids is 5. The van der Waals surface area contributed by atoms with Gasteiger partial charge in [0, 0.05) is 11.3 Å². The molecule has 4 amide bonds. The van der Waals surface area contributed by atoms with E-state index in [1.807, 2.05) is 6.92 Å². The van der Waals surface area contributed by atoms with E-state index >= 15 is 0 Å². The van der Waals surface area contributed by atoms with Crippen LogP contribution in [0.4, 0.5) is 5.69 Å². The second kappa shape index (κ2) is 20.6. The Morgan fingerprint density at radius 2 is 1.70 bits per heavy atom. The van der Waals surface area contributed by atoms with Crippen molar-refractivity contribution in [1.82, 2.24) is 21.0 Å². The van der Waals surface area contributed by atoms with Crippen molar-refractivity contribution >= 4 is 47.7 Å². The van der Waals surface area contributed by atoms with Crippen molar-refractivity contribution in [2.75, 3.05) is 19.0 Å². The zero-order chi connectivity index (χ0) is 39.8. The van der Waals surface area contributed by atoms with E-state index in [-0.39, 0.29) is 48.1 Å². The number of benzene rings is 2. The number of furan rings is 1. The Balaban J connectivity index is 1.69. The van der Waals surface area contributed by atoms with Gasteiger partial charge in [-0.3, -0.25) is 24.0 Å². The summed E-state index contributed by atoms with van der Waals surface area (Å²) in [5.41, 5.74) is 6.59. The average molecular weight is 752 g/mol. The van der Waals surface area contributed by atoms with Crippen LogP contribution in [-0.4, -0.2) is 82.7 Å². The van der Waals surface area contributed by atoms with Gasteiger partial charge < -0.3 is 45.9 Å². The standard InChI is InChI=1S/C37H45N5O12/c1-4-7-8-12-25(28(5-2)42(21-43)54-37(51)23-10-9-11-24(38)17-23)33(46)39-20-40-35(48)30-16-15-29(53-30)22-13-14-26(31(18-22)52-6-3)34(47)41-27(36(49)50)19-32(44)45/h9-11,13-18,21,25,27-28H,4-8,12,19-20,38H2,1-3H3,(H,39,46)(H,40,48)(H,41,47)(H,44,45)(H,49,50). The number of hydroxylamine groups is 2. The van der Waals surface area contributed by atoms with Crippen molar-refractivity contribution in [2.24, 2.45) is 5.92 Å². The number of carbonyl (C=O) groups is 7. The maximum absolute atomic E-state index is 13.5. The van der Waals surface area contributed by atoms with E-state index in [9.17, 15) is 38.7 Å². The SMILES string of the molecule is CCCCCC(C(=O)NCNC(=O)c1ccc(-c2ccc(C(=O)NC(CC(=O)O)C(=O)O)c(OCC)c2)o1)C(CC)N(C=O)OC(=O)c1cccc(N)c1. The minimum Gasteiger partial charge on any atom is -0.493 e. The molecule has 1 heterocycles. The Morgan fingerprint density at radius 3 is 2.33 bits per heavy atom. The van der Waals surface area contributed by atoms with Crippen molar-refractivity contribution in [2.45, 2.75) is 71.4 Å².